The van der Waals surface area contributed by atoms with Gasteiger partial charge in [0.1, 0.15) is 12.6 Å². The Morgan fingerprint density at radius 3 is 1.20 bits per heavy atom. The molecule has 0 heterocycles. The zero-order valence-corrected chi connectivity index (χ0v) is 11.7. The maximum atomic E-state index is 10.6. The molecule has 0 bridgehead atoms. The number of carbonyl (C=O) groups is 2. The summed E-state index contributed by atoms with van der Waals surface area (Å²) in [5, 5.41) is 21.2. The van der Waals surface area contributed by atoms with E-state index in [4.69, 9.17) is 0 Å². The molecule has 0 aromatic heterocycles. The summed E-state index contributed by atoms with van der Waals surface area (Å²) in [6, 6.07) is 12.2. The Morgan fingerprint density at radius 1 is 0.700 bits per heavy atom. The maximum Gasteiger partial charge on any atom is 4.00 e. The first-order chi connectivity index (χ1) is 8.69. The molecule has 0 amide bonds. The summed E-state index contributed by atoms with van der Waals surface area (Å²) in [5.41, 5.74) is 0.440. The van der Waals surface area contributed by atoms with E-state index < -0.39 is 0 Å². The van der Waals surface area contributed by atoms with Crippen molar-refractivity contribution in [2.45, 2.75) is 0 Å². The smallest absolute Gasteiger partial charge is 2.00 e. The van der Waals surface area contributed by atoms with E-state index in [1.165, 1.54) is 24.3 Å². The van der Waals surface area contributed by atoms with Crippen LogP contribution in [0.1, 0.15) is 20.7 Å². The van der Waals surface area contributed by atoms with Gasteiger partial charge in [-0.1, -0.05) is 60.0 Å². The van der Waals surface area contributed by atoms with Gasteiger partial charge >= 0.3 is 18.6 Å². The molecule has 0 unspecified atom stereocenters. The van der Waals surface area contributed by atoms with Crippen molar-refractivity contribution in [2.24, 2.45) is 0 Å². The molecule has 0 atom stereocenters. The van der Waals surface area contributed by atoms with Gasteiger partial charge in [-0.25, -0.2) is 0 Å². The van der Waals surface area contributed by atoms with Crippen molar-refractivity contribution in [3.63, 3.8) is 0 Å². The molecule has 0 saturated heterocycles. The normalized spacial score (nSPS) is 8.00. The molecule has 6 heteroatoms. The second kappa shape index (κ2) is 10.8. The summed E-state index contributed by atoms with van der Waals surface area (Å²) >= 11 is 0. The van der Waals surface area contributed by atoms with Crippen LogP contribution < -0.4 is 10.2 Å². The second-order valence-corrected chi connectivity index (χ2v) is 3.31. The zero-order valence-electron chi connectivity index (χ0n) is 10.3. The standard InChI is InChI=1S/2C7H6O2.O.V/c2*8-5-6-3-1-2-4-7(6)9;;/h2*1-5,9H;;/q;;-2;+4/p-2. The summed E-state index contributed by atoms with van der Waals surface area (Å²) in [5.74, 6) is -0.431. The molecule has 2 rings (SSSR count). The van der Waals surface area contributed by atoms with Crippen molar-refractivity contribution >= 4 is 12.6 Å². The van der Waals surface area contributed by atoms with Gasteiger partial charge in [-0.3, -0.25) is 9.59 Å². The van der Waals surface area contributed by atoms with Gasteiger partial charge in [0.2, 0.25) is 0 Å². The van der Waals surface area contributed by atoms with E-state index in [0.29, 0.717) is 12.6 Å². The molecule has 0 aliphatic heterocycles. The van der Waals surface area contributed by atoms with Crippen LogP contribution in [0.15, 0.2) is 48.5 Å². The number of hydrogen-bond donors (Lipinski definition) is 0. The van der Waals surface area contributed by atoms with Crippen molar-refractivity contribution in [1.82, 2.24) is 0 Å². The first kappa shape index (κ1) is 20.2. The van der Waals surface area contributed by atoms with Gasteiger partial charge in [0.25, 0.3) is 0 Å². The first-order valence-corrected chi connectivity index (χ1v) is 5.11. The third-order valence-electron chi connectivity index (χ3n) is 2.09. The molecular formula is C14H10O5V. The Balaban J connectivity index is 0. The van der Waals surface area contributed by atoms with Crippen LogP contribution in [0, 0.1) is 0 Å². The van der Waals surface area contributed by atoms with Gasteiger partial charge in [-0.2, -0.15) is 0 Å². The average Bonchev–Trinajstić information content (AvgIpc) is 2.41. The van der Waals surface area contributed by atoms with Crippen LogP contribution in [0.4, 0.5) is 0 Å². The summed E-state index contributed by atoms with van der Waals surface area (Å²) in [7, 11) is 0. The van der Waals surface area contributed by atoms with E-state index in [0.717, 1.165) is 0 Å². The summed E-state index contributed by atoms with van der Waals surface area (Å²) in [6.07, 6.45) is 1.12. The second-order valence-electron chi connectivity index (χ2n) is 3.31. The predicted molar refractivity (Wildman–Crippen MR) is 63.2 cm³/mol. The number of rotatable bonds is 2. The molecule has 2 aromatic rings. The number of para-hydroxylation sites is 2. The molecule has 2 aromatic carbocycles. The number of benzene rings is 2. The molecule has 5 nitrogen and oxygen atoms in total. The van der Waals surface area contributed by atoms with Gasteiger partial charge in [-0.05, 0) is 0 Å². The Bertz CT molecular complexity index is 493. The average molecular weight is 309 g/mol. The molecule has 20 heavy (non-hydrogen) atoms. The number of aldehydes is 2. The SMILES string of the molecule is O=Cc1ccccc1[O-].O=Cc1ccccc1[O-].[O-2].[V+4]. The van der Waals surface area contributed by atoms with E-state index in [-0.39, 0.29) is 46.7 Å². The summed E-state index contributed by atoms with van der Waals surface area (Å²) in [6.45, 7) is 0. The van der Waals surface area contributed by atoms with Crippen molar-refractivity contribution in [3.8, 4) is 11.5 Å². The van der Waals surface area contributed by atoms with Crippen molar-refractivity contribution < 1.29 is 43.8 Å². The Labute approximate surface area is 128 Å². The molecule has 0 fully saturated rings. The molecule has 0 spiro atoms. The predicted octanol–water partition coefficient (Wildman–Crippen LogP) is 1.02. The molecular weight excluding hydrogens is 299 g/mol. The van der Waals surface area contributed by atoms with Crippen LogP contribution in [0.2, 0.25) is 0 Å². The van der Waals surface area contributed by atoms with E-state index in [1.54, 1.807) is 24.3 Å². The van der Waals surface area contributed by atoms with E-state index in [1.807, 2.05) is 0 Å². The fraction of sp³-hybridized carbons (Fsp3) is 0. The van der Waals surface area contributed by atoms with Crippen molar-refractivity contribution in [2.75, 3.05) is 0 Å². The first-order valence-electron chi connectivity index (χ1n) is 5.11. The minimum Gasteiger partial charge on any atom is -2.00 e. The van der Waals surface area contributed by atoms with Crippen molar-refractivity contribution in [3.05, 3.63) is 59.7 Å². The van der Waals surface area contributed by atoms with Crippen LogP contribution in [-0.2, 0) is 24.0 Å². The van der Waals surface area contributed by atoms with Gasteiger partial charge in [-0.15, -0.1) is 0 Å². The van der Waals surface area contributed by atoms with Crippen LogP contribution in [-0.4, -0.2) is 12.6 Å². The Morgan fingerprint density at radius 2 is 1.00 bits per heavy atom. The zero-order chi connectivity index (χ0) is 13.4. The maximum absolute atomic E-state index is 10.6. The Kier molecular flexibility index (Phi) is 10.9. The van der Waals surface area contributed by atoms with Crippen LogP contribution in [0.25, 0.3) is 0 Å². The minimum absolute atomic E-state index is 0. The number of carbonyl (C=O) groups excluding carboxylic acids is 2. The van der Waals surface area contributed by atoms with E-state index in [9.17, 15) is 19.8 Å². The van der Waals surface area contributed by atoms with Crippen LogP contribution in [0.3, 0.4) is 0 Å². The fourth-order valence-electron chi connectivity index (χ4n) is 1.16. The van der Waals surface area contributed by atoms with Gasteiger partial charge in [0.05, 0.1) is 0 Å². The molecule has 0 aliphatic carbocycles. The topological polar surface area (TPSA) is 109 Å². The third-order valence-corrected chi connectivity index (χ3v) is 2.09. The fourth-order valence-corrected chi connectivity index (χ4v) is 1.16. The molecule has 101 valence electrons. The molecule has 0 aliphatic rings. The van der Waals surface area contributed by atoms with Crippen molar-refractivity contribution in [1.29, 1.82) is 0 Å². The van der Waals surface area contributed by atoms with E-state index >= 15 is 0 Å². The van der Waals surface area contributed by atoms with E-state index in [2.05, 4.69) is 0 Å². The molecule has 1 radical (unpaired) electrons. The van der Waals surface area contributed by atoms with Gasteiger partial charge < -0.3 is 15.7 Å². The molecule has 0 N–H and O–H groups in total. The summed E-state index contributed by atoms with van der Waals surface area (Å²) in [4.78, 5) is 20.1. The van der Waals surface area contributed by atoms with Crippen LogP contribution in [0.5, 0.6) is 11.5 Å². The minimum atomic E-state index is -0.215. The summed E-state index contributed by atoms with van der Waals surface area (Å²) < 4.78 is 0. The monoisotopic (exact) mass is 309 g/mol. The van der Waals surface area contributed by atoms with Crippen LogP contribution >= 0.6 is 0 Å². The molecule has 0 saturated carbocycles. The van der Waals surface area contributed by atoms with Gasteiger partial charge in [0, 0.05) is 11.1 Å². The number of hydrogen-bond acceptors (Lipinski definition) is 4. The quantitative estimate of drug-likeness (QED) is 0.771. The third kappa shape index (κ3) is 6.20. The van der Waals surface area contributed by atoms with Gasteiger partial charge in [0.15, 0.2) is 0 Å². The largest absolute Gasteiger partial charge is 4.00 e. The Hall–Kier alpha value is -2.08.